The first-order valence-electron chi connectivity index (χ1n) is 13.0. The maximum absolute atomic E-state index is 13.1. The third-order valence-corrected chi connectivity index (χ3v) is 9.30. The molecule has 25 heteroatoms. The molecule has 9 N–H and O–H groups in total. The number of aromatic amines is 2. The lowest BCUT2D eigenvalue weighted by molar-refractivity contribution is -0.0662. The van der Waals surface area contributed by atoms with Crippen LogP contribution in [0.4, 0.5) is 11.9 Å². The van der Waals surface area contributed by atoms with Gasteiger partial charge in [-0.3, -0.25) is 46.8 Å². The minimum atomic E-state index is -5.00. The number of hydrogen-bond donors (Lipinski definition) is 7. The van der Waals surface area contributed by atoms with Crippen LogP contribution in [0.5, 0.6) is 0 Å². The molecule has 3 unspecified atom stereocenters. The average molecular weight is 674 g/mol. The zero-order valence-electron chi connectivity index (χ0n) is 22.5. The van der Waals surface area contributed by atoms with Gasteiger partial charge in [-0.05, 0) is 0 Å². The lowest BCUT2D eigenvalue weighted by atomic mass is 10.1. The van der Waals surface area contributed by atoms with E-state index in [0.29, 0.717) is 0 Å². The number of ether oxygens (including phenoxy) is 2. The van der Waals surface area contributed by atoms with Crippen molar-refractivity contribution in [1.82, 2.24) is 39.0 Å². The van der Waals surface area contributed by atoms with Crippen LogP contribution in [0.2, 0.25) is 0 Å². The lowest BCUT2D eigenvalue weighted by Crippen LogP contribution is -2.37. The van der Waals surface area contributed by atoms with Gasteiger partial charge in [0, 0.05) is 6.42 Å². The van der Waals surface area contributed by atoms with Gasteiger partial charge in [-0.15, -0.1) is 0 Å². The monoisotopic (exact) mass is 674 g/mol. The van der Waals surface area contributed by atoms with Crippen LogP contribution in [-0.2, 0) is 36.7 Å². The fraction of sp³-hybridized carbons (Fsp3) is 0.500. The van der Waals surface area contributed by atoms with Crippen molar-refractivity contribution < 1.29 is 51.6 Å². The van der Waals surface area contributed by atoms with Crippen LogP contribution in [-0.4, -0.2) is 97.7 Å². The van der Waals surface area contributed by atoms with Gasteiger partial charge in [-0.1, -0.05) is 0 Å². The van der Waals surface area contributed by atoms with Crippen molar-refractivity contribution in [3.8, 4) is 0 Å². The summed E-state index contributed by atoms with van der Waals surface area (Å²) in [5, 5.41) is 11.1. The Morgan fingerprint density at radius 2 is 1.38 bits per heavy atom. The van der Waals surface area contributed by atoms with Crippen LogP contribution in [0.25, 0.3) is 22.3 Å². The number of phosphoric acid groups is 2. The van der Waals surface area contributed by atoms with Crippen LogP contribution < -0.4 is 22.6 Å². The zero-order chi connectivity index (χ0) is 31.8. The number of phosphoric ester groups is 2. The van der Waals surface area contributed by atoms with Crippen LogP contribution in [0.3, 0.4) is 0 Å². The molecule has 23 nitrogen and oxygen atoms in total. The molecular formula is C20H24N10O13P2. The highest BCUT2D eigenvalue weighted by Crippen LogP contribution is 2.53. The summed E-state index contributed by atoms with van der Waals surface area (Å²) in [4.78, 5) is 66.2. The topological polar surface area (TPSA) is 329 Å². The molecule has 0 bridgehead atoms. The van der Waals surface area contributed by atoms with Gasteiger partial charge in [0.05, 0.1) is 25.9 Å². The van der Waals surface area contributed by atoms with Gasteiger partial charge < -0.3 is 35.8 Å². The van der Waals surface area contributed by atoms with Crippen molar-refractivity contribution in [3.05, 3.63) is 33.4 Å². The zero-order valence-corrected chi connectivity index (χ0v) is 24.3. The Balaban J connectivity index is 1.16. The van der Waals surface area contributed by atoms with Crippen molar-refractivity contribution in [2.24, 2.45) is 0 Å². The molecule has 0 aromatic carbocycles. The second kappa shape index (κ2) is 10.7. The predicted octanol–water partition coefficient (Wildman–Crippen LogP) is -2.02. The van der Waals surface area contributed by atoms with Crippen molar-refractivity contribution >= 4 is 49.9 Å². The number of fused-ring (bicyclic) bond motifs is 4. The Labute approximate surface area is 248 Å². The first-order valence-corrected chi connectivity index (χ1v) is 16.0. The summed E-state index contributed by atoms with van der Waals surface area (Å²) in [5.41, 5.74) is 9.75. The molecule has 0 amide bonds. The number of aliphatic hydroxyl groups excluding tert-OH is 1. The predicted molar refractivity (Wildman–Crippen MR) is 145 cm³/mol. The van der Waals surface area contributed by atoms with E-state index in [1.807, 2.05) is 0 Å². The maximum atomic E-state index is 13.1. The van der Waals surface area contributed by atoms with Crippen molar-refractivity contribution in [3.63, 3.8) is 0 Å². The molecule has 3 aliphatic heterocycles. The number of imidazole rings is 2. The Hall–Kier alpha value is -3.60. The van der Waals surface area contributed by atoms with Crippen LogP contribution in [0.15, 0.2) is 22.2 Å². The van der Waals surface area contributed by atoms with Crippen LogP contribution >= 0.6 is 15.6 Å². The molecule has 45 heavy (non-hydrogen) atoms. The molecular weight excluding hydrogens is 650 g/mol. The van der Waals surface area contributed by atoms with E-state index < -0.39 is 83.0 Å². The molecule has 0 aliphatic carbocycles. The number of nitrogens with one attached hydrogen (secondary N) is 2. The van der Waals surface area contributed by atoms with Gasteiger partial charge in [-0.2, -0.15) is 9.97 Å². The highest BCUT2D eigenvalue weighted by molar-refractivity contribution is 7.47. The van der Waals surface area contributed by atoms with Crippen molar-refractivity contribution in [1.29, 1.82) is 0 Å². The fourth-order valence-corrected chi connectivity index (χ4v) is 7.27. The Bertz CT molecular complexity index is 2010. The van der Waals surface area contributed by atoms with E-state index in [2.05, 4.69) is 29.9 Å². The summed E-state index contributed by atoms with van der Waals surface area (Å²) in [6.45, 7) is -1.48. The van der Waals surface area contributed by atoms with Gasteiger partial charge in [-0.25, -0.2) is 19.1 Å². The SMILES string of the molecule is Nc1nc2c(ncn2C2O[C@@H]3COP(=O)(O)O[C@H]4C[C@H](n5cnc6c(=O)[nH]c(N)nc65)O[C@@H]4COP(=O)(O)O[C@H]3[C@H]2O)c(=O)[nH]1. The van der Waals surface area contributed by atoms with Crippen LogP contribution in [0, 0.1) is 0 Å². The van der Waals surface area contributed by atoms with Gasteiger partial charge in [0.25, 0.3) is 11.1 Å². The lowest BCUT2D eigenvalue weighted by Gasteiger charge is -2.27. The summed E-state index contributed by atoms with van der Waals surface area (Å²) in [7, 11) is -9.90. The quantitative estimate of drug-likeness (QED) is 0.113. The molecule has 4 aromatic heterocycles. The Morgan fingerprint density at radius 1 is 0.822 bits per heavy atom. The number of nitrogens with two attached hydrogens (primary N) is 2. The Morgan fingerprint density at radius 3 is 2.02 bits per heavy atom. The molecule has 242 valence electrons. The van der Waals surface area contributed by atoms with Crippen LogP contribution in [0.1, 0.15) is 18.9 Å². The van der Waals surface area contributed by atoms with E-state index in [-0.39, 0.29) is 40.6 Å². The standard InChI is InChI=1S/C20H24N10O13P2/c21-19-25-14-10(16(32)27-19)23-4-29(14)9-1-6-7(40-9)2-38-45(36,37)43-13-8(3-39-44(34,35)42-6)41-18(12(13)31)30-5-24-11-15(30)26-20(22)28-17(11)33/h4-9,12-13,18,31H,1-3H2,(H,34,35)(H,36,37)(H3,21,25,27,32)(H3,22,26,28,33)/t6-,7+,8+,9+,12+,13+,18?/m0/s1. The Kier molecular flexibility index (Phi) is 7.18. The number of rotatable bonds is 2. The fourth-order valence-electron chi connectivity index (χ4n) is 5.35. The molecule has 9 atom stereocenters. The number of anilines is 2. The molecule has 7 rings (SSSR count). The second-order valence-electron chi connectivity index (χ2n) is 10.2. The number of aliphatic hydroxyl groups is 1. The molecule has 3 fully saturated rings. The summed E-state index contributed by atoms with van der Waals surface area (Å²) in [6.07, 6.45) is -7.63. The molecule has 0 saturated carbocycles. The minimum Gasteiger partial charge on any atom is -0.386 e. The van der Waals surface area contributed by atoms with Crippen molar-refractivity contribution in [2.75, 3.05) is 24.7 Å². The number of aromatic nitrogens is 8. The summed E-state index contributed by atoms with van der Waals surface area (Å²) in [5.74, 6) is -0.456. The van der Waals surface area contributed by atoms with Gasteiger partial charge in [0.1, 0.15) is 36.7 Å². The first kappa shape index (κ1) is 30.1. The maximum Gasteiger partial charge on any atom is 0.472 e. The molecule has 3 saturated heterocycles. The normalized spacial score (nSPS) is 36.0. The van der Waals surface area contributed by atoms with E-state index in [0.717, 1.165) is 10.9 Å². The third kappa shape index (κ3) is 5.47. The smallest absolute Gasteiger partial charge is 0.386 e. The van der Waals surface area contributed by atoms with E-state index in [4.69, 9.17) is 39.0 Å². The largest absolute Gasteiger partial charge is 0.472 e. The third-order valence-electron chi connectivity index (χ3n) is 7.30. The van der Waals surface area contributed by atoms with E-state index in [1.165, 1.54) is 10.9 Å². The number of nitrogen functional groups attached to an aromatic ring is 2. The summed E-state index contributed by atoms with van der Waals surface area (Å²) in [6, 6.07) is 0. The molecule has 3 aliphatic rings. The number of hydrogen-bond acceptors (Lipinski definition) is 17. The highest BCUT2D eigenvalue weighted by Gasteiger charge is 2.52. The van der Waals surface area contributed by atoms with E-state index >= 15 is 0 Å². The molecule has 4 aromatic rings. The van der Waals surface area contributed by atoms with E-state index in [9.17, 15) is 33.6 Å². The minimum absolute atomic E-state index is 0.0424. The number of nitrogens with zero attached hydrogens (tertiary/aromatic N) is 6. The second-order valence-corrected chi connectivity index (χ2v) is 13.0. The number of H-pyrrole nitrogens is 2. The molecule has 0 radical (unpaired) electrons. The van der Waals surface area contributed by atoms with Crippen molar-refractivity contribution in [2.45, 2.75) is 49.4 Å². The highest BCUT2D eigenvalue weighted by atomic mass is 31.2. The first-order chi connectivity index (χ1) is 21.3. The summed E-state index contributed by atoms with van der Waals surface area (Å²) >= 11 is 0. The van der Waals surface area contributed by atoms with Gasteiger partial charge in [0.2, 0.25) is 11.9 Å². The molecule has 0 spiro atoms. The van der Waals surface area contributed by atoms with Gasteiger partial charge >= 0.3 is 15.6 Å². The van der Waals surface area contributed by atoms with Gasteiger partial charge in [0.15, 0.2) is 28.6 Å². The average Bonchev–Trinajstić information content (AvgIpc) is 3.71. The molecule has 7 heterocycles. The summed E-state index contributed by atoms with van der Waals surface area (Å²) < 4.78 is 61.2. The van der Waals surface area contributed by atoms with E-state index in [1.54, 1.807) is 0 Å².